The van der Waals surface area contributed by atoms with Crippen LogP contribution in [0.2, 0.25) is 0 Å². The highest BCUT2D eigenvalue weighted by atomic mass is 32.2. The molecule has 2 aliphatic rings. The van der Waals surface area contributed by atoms with Gasteiger partial charge in [-0.2, -0.15) is 0 Å². The number of carbonyl (C=O) groups is 2. The van der Waals surface area contributed by atoms with E-state index < -0.39 is 0 Å². The van der Waals surface area contributed by atoms with E-state index in [9.17, 15) is 9.59 Å². The van der Waals surface area contributed by atoms with Crippen LogP contribution in [0.5, 0.6) is 0 Å². The van der Waals surface area contributed by atoms with Crippen LogP contribution in [0.1, 0.15) is 39.5 Å². The minimum atomic E-state index is -0.227. The van der Waals surface area contributed by atoms with Crippen LogP contribution in [0.4, 0.5) is 0 Å². The molecule has 0 aliphatic heterocycles. The lowest BCUT2D eigenvalue weighted by atomic mass is 9.71. The minimum absolute atomic E-state index is 0.0835. The van der Waals surface area contributed by atoms with Crippen molar-refractivity contribution in [1.82, 2.24) is 0 Å². The van der Waals surface area contributed by atoms with Gasteiger partial charge in [-0.15, -0.1) is 11.8 Å². The molecule has 3 rings (SSSR count). The van der Waals surface area contributed by atoms with Crippen molar-refractivity contribution in [3.8, 4) is 0 Å². The smallest absolute Gasteiger partial charge is 0.302 e. The van der Waals surface area contributed by atoms with Gasteiger partial charge in [-0.25, -0.2) is 0 Å². The third kappa shape index (κ3) is 3.23. The van der Waals surface area contributed by atoms with Gasteiger partial charge in [0.05, 0.1) is 0 Å². The number of hydrogen-bond acceptors (Lipinski definition) is 4. The van der Waals surface area contributed by atoms with E-state index >= 15 is 0 Å². The number of benzene rings is 1. The van der Waals surface area contributed by atoms with Gasteiger partial charge in [0.25, 0.3) is 0 Å². The Hall–Kier alpha value is -1.55. The maximum absolute atomic E-state index is 12.5. The lowest BCUT2D eigenvalue weighted by molar-refractivity contribution is -0.150. The van der Waals surface area contributed by atoms with E-state index in [2.05, 4.69) is 19.1 Å². The predicted molar refractivity (Wildman–Crippen MR) is 91.3 cm³/mol. The number of hydrogen-bond donors (Lipinski definition) is 0. The molecule has 2 atom stereocenters. The Morgan fingerprint density at radius 3 is 2.74 bits per heavy atom. The van der Waals surface area contributed by atoms with Gasteiger partial charge >= 0.3 is 5.97 Å². The first-order valence-corrected chi connectivity index (χ1v) is 9.10. The number of ether oxygens (including phenoxy) is 1. The Kier molecular flexibility index (Phi) is 4.62. The second-order valence-electron chi connectivity index (χ2n) is 6.54. The van der Waals surface area contributed by atoms with Crippen molar-refractivity contribution in [2.24, 2.45) is 5.41 Å². The van der Waals surface area contributed by atoms with Crippen LogP contribution in [0, 0.1) is 5.41 Å². The number of carbonyl (C=O) groups excluding carboxylic acids is 2. The van der Waals surface area contributed by atoms with Crippen LogP contribution < -0.4 is 0 Å². The normalized spacial score (nSPS) is 27.0. The van der Waals surface area contributed by atoms with Crippen LogP contribution in [-0.2, 0) is 14.3 Å². The molecule has 2 aliphatic carbocycles. The third-order valence-electron chi connectivity index (χ3n) is 5.06. The van der Waals surface area contributed by atoms with Crippen LogP contribution in [-0.4, -0.2) is 23.6 Å². The quantitative estimate of drug-likeness (QED) is 0.614. The van der Waals surface area contributed by atoms with Gasteiger partial charge in [-0.05, 0) is 31.4 Å². The first kappa shape index (κ1) is 16.3. The molecule has 0 spiro atoms. The van der Waals surface area contributed by atoms with Crippen LogP contribution in [0.15, 0.2) is 46.4 Å². The van der Waals surface area contributed by atoms with Crippen LogP contribution in [0.25, 0.3) is 0 Å². The lowest BCUT2D eigenvalue weighted by Gasteiger charge is -2.36. The predicted octanol–water partition coefficient (Wildman–Crippen LogP) is 4.17. The maximum atomic E-state index is 12.5. The molecule has 3 nitrogen and oxygen atoms in total. The number of ketones is 1. The Bertz CT molecular complexity index is 650. The molecule has 1 saturated carbocycles. The highest BCUT2D eigenvalue weighted by molar-refractivity contribution is 7.99. The van der Waals surface area contributed by atoms with E-state index in [1.165, 1.54) is 17.4 Å². The summed E-state index contributed by atoms with van der Waals surface area (Å²) < 4.78 is 5.54. The molecule has 0 N–H and O–H groups in total. The van der Waals surface area contributed by atoms with Crippen molar-refractivity contribution in [3.05, 3.63) is 41.5 Å². The average Bonchev–Trinajstić information content (AvgIpc) is 2.84. The highest BCUT2D eigenvalue weighted by Gasteiger charge is 2.49. The zero-order valence-electron chi connectivity index (χ0n) is 13.6. The molecular weight excluding hydrogens is 308 g/mol. The SMILES string of the molecule is CC(=O)O[C@H]1CCC2=C(CSc3ccccc3)C(=O)CC[C@@]21C. The topological polar surface area (TPSA) is 43.4 Å². The highest BCUT2D eigenvalue weighted by Crippen LogP contribution is 2.52. The molecule has 1 aromatic carbocycles. The lowest BCUT2D eigenvalue weighted by Crippen LogP contribution is -2.36. The zero-order chi connectivity index (χ0) is 16.4. The van der Waals surface area contributed by atoms with Gasteiger partial charge in [-0.1, -0.05) is 30.7 Å². The van der Waals surface area contributed by atoms with Crippen LogP contribution >= 0.6 is 11.8 Å². The van der Waals surface area contributed by atoms with Crippen molar-refractivity contribution in [2.75, 3.05) is 5.75 Å². The van der Waals surface area contributed by atoms with E-state index in [1.807, 2.05) is 18.2 Å². The third-order valence-corrected chi connectivity index (χ3v) is 6.10. The number of esters is 1. The van der Waals surface area contributed by atoms with E-state index in [-0.39, 0.29) is 23.3 Å². The standard InChI is InChI=1S/C19H22O3S/c1-13(20)22-18-9-8-16-15(17(21)10-11-19(16,18)2)12-23-14-6-4-3-5-7-14/h3-7,18H,8-12H2,1-2H3/t18-,19-/m0/s1. The summed E-state index contributed by atoms with van der Waals surface area (Å²) in [6.07, 6.45) is 2.96. The molecule has 0 radical (unpaired) electrons. The van der Waals surface area contributed by atoms with E-state index in [4.69, 9.17) is 4.74 Å². The Morgan fingerprint density at radius 2 is 2.04 bits per heavy atom. The van der Waals surface area contributed by atoms with Gasteiger partial charge in [0, 0.05) is 35.0 Å². The number of fused-ring (bicyclic) bond motifs is 1. The molecule has 0 heterocycles. The summed E-state index contributed by atoms with van der Waals surface area (Å²) in [7, 11) is 0. The fraction of sp³-hybridized carbons (Fsp3) is 0.474. The molecule has 23 heavy (non-hydrogen) atoms. The Labute approximate surface area is 141 Å². The van der Waals surface area contributed by atoms with Gasteiger partial charge in [-0.3, -0.25) is 9.59 Å². The number of rotatable bonds is 4. The van der Waals surface area contributed by atoms with E-state index in [0.717, 1.165) is 24.8 Å². The molecular formula is C19H22O3S. The van der Waals surface area contributed by atoms with E-state index in [1.54, 1.807) is 11.8 Å². The fourth-order valence-electron chi connectivity index (χ4n) is 3.80. The fourth-order valence-corrected chi connectivity index (χ4v) is 4.80. The van der Waals surface area contributed by atoms with Crippen molar-refractivity contribution in [3.63, 3.8) is 0 Å². The molecule has 0 unspecified atom stereocenters. The van der Waals surface area contributed by atoms with E-state index in [0.29, 0.717) is 12.2 Å². The summed E-state index contributed by atoms with van der Waals surface area (Å²) in [6.45, 7) is 3.62. The van der Waals surface area contributed by atoms with Crippen molar-refractivity contribution >= 4 is 23.5 Å². The summed E-state index contributed by atoms with van der Waals surface area (Å²) in [5.74, 6) is 0.750. The summed E-state index contributed by atoms with van der Waals surface area (Å²) in [5, 5.41) is 0. The Balaban J connectivity index is 1.83. The first-order valence-electron chi connectivity index (χ1n) is 8.11. The average molecular weight is 330 g/mol. The molecule has 0 bridgehead atoms. The second kappa shape index (κ2) is 6.52. The van der Waals surface area contributed by atoms with Crippen LogP contribution in [0.3, 0.4) is 0 Å². The molecule has 1 aromatic rings. The monoisotopic (exact) mass is 330 g/mol. The Morgan fingerprint density at radius 1 is 1.30 bits per heavy atom. The summed E-state index contributed by atoms with van der Waals surface area (Å²) >= 11 is 1.71. The van der Waals surface area contributed by atoms with Gasteiger partial charge in [0.1, 0.15) is 6.10 Å². The van der Waals surface area contributed by atoms with Gasteiger partial charge < -0.3 is 4.74 Å². The van der Waals surface area contributed by atoms with Crippen molar-refractivity contribution in [1.29, 1.82) is 0 Å². The van der Waals surface area contributed by atoms with Gasteiger partial charge in [0.2, 0.25) is 0 Å². The largest absolute Gasteiger partial charge is 0.462 e. The number of Topliss-reactive ketones (excluding diaryl/α,β-unsaturated/α-hetero) is 1. The molecule has 1 fully saturated rings. The van der Waals surface area contributed by atoms with Crippen molar-refractivity contribution < 1.29 is 14.3 Å². The number of thioether (sulfide) groups is 1. The summed E-state index contributed by atoms with van der Waals surface area (Å²) in [5.41, 5.74) is 2.03. The molecule has 4 heteroatoms. The zero-order valence-corrected chi connectivity index (χ0v) is 14.4. The second-order valence-corrected chi connectivity index (χ2v) is 7.58. The minimum Gasteiger partial charge on any atom is -0.462 e. The van der Waals surface area contributed by atoms with Gasteiger partial charge in [0.15, 0.2) is 5.78 Å². The summed E-state index contributed by atoms with van der Waals surface area (Å²) in [4.78, 5) is 25.0. The molecule has 122 valence electrons. The van der Waals surface area contributed by atoms with Crippen molar-refractivity contribution in [2.45, 2.75) is 50.5 Å². The summed E-state index contributed by atoms with van der Waals surface area (Å²) in [6, 6.07) is 10.2. The first-order chi connectivity index (χ1) is 11.0. The molecule has 0 amide bonds. The molecule has 0 saturated heterocycles. The maximum Gasteiger partial charge on any atom is 0.302 e. The molecule has 0 aromatic heterocycles.